The highest BCUT2D eigenvalue weighted by Gasteiger charge is 2.44. The van der Waals surface area contributed by atoms with Crippen LogP contribution in [0.25, 0.3) is 5.69 Å². The summed E-state index contributed by atoms with van der Waals surface area (Å²) in [5, 5.41) is 0. The second-order valence-corrected chi connectivity index (χ2v) is 9.93. The van der Waals surface area contributed by atoms with Gasteiger partial charge >= 0.3 is 0 Å². The molecule has 5 nitrogen and oxygen atoms in total. The standard InChI is InChI=1S/C27H29FN2O3/c1-26(2,3)20-9-7-18(16-22(20)32-4)25(31)29-14-11-27(12-15-29)24-6-5-13-30(24)21-10-8-19(28)17-23(21)33-27/h5-10,13,16-17H,11-12,14-15H2,1-4H3. The van der Waals surface area contributed by atoms with Crippen LogP contribution in [0.4, 0.5) is 4.39 Å². The summed E-state index contributed by atoms with van der Waals surface area (Å²) >= 11 is 0. The van der Waals surface area contributed by atoms with Crippen LogP contribution in [0.1, 0.15) is 55.2 Å². The van der Waals surface area contributed by atoms with Crippen molar-refractivity contribution in [2.24, 2.45) is 0 Å². The maximum Gasteiger partial charge on any atom is 0.253 e. The fourth-order valence-corrected chi connectivity index (χ4v) is 5.05. The van der Waals surface area contributed by atoms with E-state index < -0.39 is 5.60 Å². The zero-order valence-electron chi connectivity index (χ0n) is 19.5. The summed E-state index contributed by atoms with van der Waals surface area (Å²) in [6, 6.07) is 14.4. The number of methoxy groups -OCH3 is 1. The zero-order chi connectivity index (χ0) is 23.4. The molecular formula is C27H29FN2O3. The van der Waals surface area contributed by atoms with Crippen LogP contribution in [-0.2, 0) is 11.0 Å². The molecule has 0 N–H and O–H groups in total. The number of carbonyl (C=O) groups excluding carboxylic acids is 1. The Morgan fingerprint density at radius 2 is 1.85 bits per heavy atom. The predicted octanol–water partition coefficient (Wildman–Crippen LogP) is 5.45. The molecule has 0 atom stereocenters. The number of ether oxygens (including phenoxy) is 2. The third-order valence-electron chi connectivity index (χ3n) is 6.82. The van der Waals surface area contributed by atoms with Crippen molar-refractivity contribution in [2.75, 3.05) is 20.2 Å². The van der Waals surface area contributed by atoms with Crippen molar-refractivity contribution in [2.45, 2.75) is 44.6 Å². The Labute approximate surface area is 193 Å². The van der Waals surface area contributed by atoms with Gasteiger partial charge in [-0.3, -0.25) is 4.79 Å². The molecule has 1 saturated heterocycles. The van der Waals surface area contributed by atoms with Crippen molar-refractivity contribution in [3.63, 3.8) is 0 Å². The second kappa shape index (κ2) is 7.65. The molecule has 2 aliphatic heterocycles. The first-order chi connectivity index (χ1) is 15.7. The molecule has 0 saturated carbocycles. The number of amides is 1. The lowest BCUT2D eigenvalue weighted by Gasteiger charge is -2.45. The maximum absolute atomic E-state index is 13.9. The molecule has 1 amide bonds. The van der Waals surface area contributed by atoms with E-state index in [4.69, 9.17) is 9.47 Å². The number of benzene rings is 2. The zero-order valence-corrected chi connectivity index (χ0v) is 19.5. The van der Waals surface area contributed by atoms with Gasteiger partial charge in [-0.25, -0.2) is 4.39 Å². The predicted molar refractivity (Wildman–Crippen MR) is 125 cm³/mol. The van der Waals surface area contributed by atoms with Crippen LogP contribution in [0, 0.1) is 5.82 Å². The summed E-state index contributed by atoms with van der Waals surface area (Å²) in [5.41, 5.74) is 2.93. The first kappa shape index (κ1) is 21.6. The third kappa shape index (κ3) is 3.58. The van der Waals surface area contributed by atoms with Crippen LogP contribution >= 0.6 is 0 Å². The number of fused-ring (bicyclic) bond motifs is 4. The Morgan fingerprint density at radius 1 is 1.09 bits per heavy atom. The lowest BCUT2D eigenvalue weighted by atomic mass is 9.85. The number of likely N-dealkylation sites (tertiary alicyclic amines) is 1. The summed E-state index contributed by atoms with van der Waals surface area (Å²) in [6.45, 7) is 7.48. The highest BCUT2D eigenvalue weighted by atomic mass is 19.1. The van der Waals surface area contributed by atoms with Gasteiger partial charge in [-0.2, -0.15) is 0 Å². The summed E-state index contributed by atoms with van der Waals surface area (Å²) in [7, 11) is 1.64. The summed E-state index contributed by atoms with van der Waals surface area (Å²) in [5.74, 6) is 0.941. The summed E-state index contributed by atoms with van der Waals surface area (Å²) in [6.07, 6.45) is 3.25. The van der Waals surface area contributed by atoms with Crippen LogP contribution in [0.15, 0.2) is 54.7 Å². The lowest BCUT2D eigenvalue weighted by Crippen LogP contribution is -2.50. The van der Waals surface area contributed by atoms with E-state index in [2.05, 4.69) is 31.4 Å². The second-order valence-electron chi connectivity index (χ2n) is 9.93. The molecule has 2 aliphatic rings. The molecule has 2 aromatic carbocycles. The number of hydrogen-bond acceptors (Lipinski definition) is 3. The first-order valence-electron chi connectivity index (χ1n) is 11.4. The molecule has 3 heterocycles. The van der Waals surface area contributed by atoms with Gasteiger partial charge in [0.1, 0.15) is 17.3 Å². The summed E-state index contributed by atoms with van der Waals surface area (Å²) < 4.78 is 28.0. The van der Waals surface area contributed by atoms with E-state index in [9.17, 15) is 9.18 Å². The molecule has 3 aromatic rings. The molecule has 6 heteroatoms. The number of piperidine rings is 1. The molecule has 5 rings (SSSR count). The van der Waals surface area contributed by atoms with Gasteiger partial charge in [0.25, 0.3) is 5.91 Å². The van der Waals surface area contributed by atoms with E-state index in [0.717, 1.165) is 22.7 Å². The molecule has 1 spiro atoms. The minimum absolute atomic E-state index is 0.0127. The Kier molecular flexibility index (Phi) is 5.00. The van der Waals surface area contributed by atoms with Crippen LogP contribution in [0.5, 0.6) is 11.5 Å². The number of rotatable bonds is 2. The fourth-order valence-electron chi connectivity index (χ4n) is 5.05. The molecule has 0 unspecified atom stereocenters. The van der Waals surface area contributed by atoms with Gasteiger partial charge in [0.15, 0.2) is 5.60 Å². The SMILES string of the molecule is COc1cc(C(=O)N2CCC3(CC2)Oc2cc(F)ccc2-n2cccc23)ccc1C(C)(C)C. The minimum Gasteiger partial charge on any atom is -0.496 e. The van der Waals surface area contributed by atoms with Crippen LogP contribution in [0.3, 0.4) is 0 Å². The first-order valence-corrected chi connectivity index (χ1v) is 11.4. The topological polar surface area (TPSA) is 43.7 Å². The van der Waals surface area contributed by atoms with Gasteiger partial charge in [0.05, 0.1) is 18.5 Å². The van der Waals surface area contributed by atoms with E-state index in [1.54, 1.807) is 13.2 Å². The van der Waals surface area contributed by atoms with Crippen molar-refractivity contribution in [3.05, 3.63) is 77.4 Å². The molecule has 0 radical (unpaired) electrons. The van der Waals surface area contributed by atoms with E-state index >= 15 is 0 Å². The van der Waals surface area contributed by atoms with Crippen molar-refractivity contribution in [1.82, 2.24) is 9.47 Å². The van der Waals surface area contributed by atoms with Crippen molar-refractivity contribution >= 4 is 5.91 Å². The van der Waals surface area contributed by atoms with Crippen molar-refractivity contribution in [1.29, 1.82) is 0 Å². The average Bonchev–Trinajstić information content (AvgIpc) is 3.29. The lowest BCUT2D eigenvalue weighted by molar-refractivity contribution is -0.00951. The fraction of sp³-hybridized carbons (Fsp3) is 0.370. The summed E-state index contributed by atoms with van der Waals surface area (Å²) in [4.78, 5) is 15.2. The number of aromatic nitrogens is 1. The van der Waals surface area contributed by atoms with E-state index in [-0.39, 0.29) is 17.1 Å². The monoisotopic (exact) mass is 448 g/mol. The highest BCUT2D eigenvalue weighted by Crippen LogP contribution is 2.45. The molecular weight excluding hydrogens is 419 g/mol. The van der Waals surface area contributed by atoms with Gasteiger partial charge in [-0.1, -0.05) is 26.8 Å². The van der Waals surface area contributed by atoms with Crippen LogP contribution in [0.2, 0.25) is 0 Å². The Hall–Kier alpha value is -3.28. The Bertz CT molecular complexity index is 1220. The minimum atomic E-state index is -0.575. The number of halogens is 1. The van der Waals surface area contributed by atoms with E-state index in [1.807, 2.05) is 35.4 Å². The van der Waals surface area contributed by atoms with E-state index in [1.165, 1.54) is 12.1 Å². The van der Waals surface area contributed by atoms with Crippen molar-refractivity contribution in [3.8, 4) is 17.2 Å². The van der Waals surface area contributed by atoms with Gasteiger partial charge in [-0.05, 0) is 47.4 Å². The molecule has 1 fully saturated rings. The number of carbonyl (C=O) groups is 1. The third-order valence-corrected chi connectivity index (χ3v) is 6.82. The Balaban J connectivity index is 1.38. The van der Waals surface area contributed by atoms with Gasteiger partial charge in [0, 0.05) is 43.8 Å². The normalized spacial score (nSPS) is 16.7. The van der Waals surface area contributed by atoms with Crippen LogP contribution < -0.4 is 9.47 Å². The van der Waals surface area contributed by atoms with E-state index in [0.29, 0.717) is 37.2 Å². The Morgan fingerprint density at radius 3 is 2.55 bits per heavy atom. The molecule has 0 bridgehead atoms. The highest BCUT2D eigenvalue weighted by molar-refractivity contribution is 5.95. The van der Waals surface area contributed by atoms with Gasteiger partial charge in [-0.15, -0.1) is 0 Å². The number of hydrogen-bond donors (Lipinski definition) is 0. The molecule has 33 heavy (non-hydrogen) atoms. The molecule has 0 aliphatic carbocycles. The smallest absolute Gasteiger partial charge is 0.253 e. The number of nitrogens with zero attached hydrogens (tertiary/aromatic N) is 2. The van der Waals surface area contributed by atoms with Crippen molar-refractivity contribution < 1.29 is 18.7 Å². The largest absolute Gasteiger partial charge is 0.496 e. The van der Waals surface area contributed by atoms with Gasteiger partial charge < -0.3 is 18.9 Å². The quantitative estimate of drug-likeness (QED) is 0.524. The molecule has 1 aromatic heterocycles. The van der Waals surface area contributed by atoms with Gasteiger partial charge in [0.2, 0.25) is 0 Å². The maximum atomic E-state index is 13.9. The molecule has 172 valence electrons. The van der Waals surface area contributed by atoms with Crippen LogP contribution in [-0.4, -0.2) is 35.6 Å². The average molecular weight is 449 g/mol.